The Bertz CT molecular complexity index is 1420. The molecule has 4 rings (SSSR count). The van der Waals surface area contributed by atoms with Gasteiger partial charge in [0.15, 0.2) is 0 Å². The number of carboxylic acids is 1. The van der Waals surface area contributed by atoms with Gasteiger partial charge in [-0.3, -0.25) is 14.3 Å². The summed E-state index contributed by atoms with van der Waals surface area (Å²) >= 11 is 12.2. The summed E-state index contributed by atoms with van der Waals surface area (Å²) < 4.78 is 7.63. The fourth-order valence-electron chi connectivity index (χ4n) is 3.54. The average Bonchev–Trinajstić information content (AvgIpc) is 3.58. The van der Waals surface area contributed by atoms with Crippen LogP contribution in [0, 0.1) is 5.41 Å². The third kappa shape index (κ3) is 4.95. The Morgan fingerprint density at radius 3 is 2.44 bits per heavy atom. The lowest BCUT2D eigenvalue weighted by atomic mass is 10.1. The molecule has 9 nitrogen and oxygen atoms in total. The van der Waals surface area contributed by atoms with Crippen molar-refractivity contribution >= 4 is 34.9 Å². The zero-order valence-electron chi connectivity index (χ0n) is 18.3. The third-order valence-electron chi connectivity index (χ3n) is 5.65. The number of carbonyl (C=O) groups is 1. The fourth-order valence-corrected chi connectivity index (χ4v) is 3.90. The van der Waals surface area contributed by atoms with Crippen molar-refractivity contribution in [2.24, 2.45) is 10.4 Å². The predicted octanol–water partition coefficient (Wildman–Crippen LogP) is 3.19. The van der Waals surface area contributed by atoms with E-state index in [1.807, 2.05) is 6.92 Å². The van der Waals surface area contributed by atoms with Crippen molar-refractivity contribution in [3.8, 4) is 5.75 Å². The molecule has 1 aromatic heterocycles. The van der Waals surface area contributed by atoms with Crippen LogP contribution in [0.25, 0.3) is 0 Å². The van der Waals surface area contributed by atoms with Gasteiger partial charge in [0, 0.05) is 11.6 Å². The Kier molecular flexibility index (Phi) is 6.67. The summed E-state index contributed by atoms with van der Waals surface area (Å²) in [7, 11) is 0. The van der Waals surface area contributed by atoms with E-state index < -0.39 is 22.8 Å². The van der Waals surface area contributed by atoms with E-state index in [1.54, 1.807) is 42.5 Å². The van der Waals surface area contributed by atoms with Gasteiger partial charge in [0.2, 0.25) is 5.62 Å². The summed E-state index contributed by atoms with van der Waals surface area (Å²) in [5.41, 5.74) is -1.36. The van der Waals surface area contributed by atoms with Crippen LogP contribution in [0.2, 0.25) is 10.0 Å². The Morgan fingerprint density at radius 2 is 1.85 bits per heavy atom. The maximum absolute atomic E-state index is 13.4. The molecule has 34 heavy (non-hydrogen) atoms. The van der Waals surface area contributed by atoms with Crippen molar-refractivity contribution in [3.63, 3.8) is 0 Å². The lowest BCUT2D eigenvalue weighted by Gasteiger charge is -2.14. The number of ether oxygens (including phenoxy) is 1. The summed E-state index contributed by atoms with van der Waals surface area (Å²) in [6.45, 7) is 2.15. The van der Waals surface area contributed by atoms with Gasteiger partial charge in [-0.05, 0) is 55.7 Å². The summed E-state index contributed by atoms with van der Waals surface area (Å²) in [4.78, 5) is 44.9. The normalized spacial score (nSPS) is 14.7. The molecular formula is C23H22Cl2N4O5. The molecule has 0 saturated heterocycles. The number of hydrogen-bond acceptors (Lipinski definition) is 5. The first-order valence-electron chi connectivity index (χ1n) is 10.6. The van der Waals surface area contributed by atoms with Gasteiger partial charge in [-0.2, -0.15) is 0 Å². The number of aromatic amines is 1. The Hall–Kier alpha value is -3.30. The second-order valence-electron chi connectivity index (χ2n) is 8.08. The van der Waals surface area contributed by atoms with E-state index in [4.69, 9.17) is 27.9 Å². The largest absolute Gasteiger partial charge is 0.492 e. The van der Waals surface area contributed by atoms with Gasteiger partial charge >= 0.3 is 17.3 Å². The van der Waals surface area contributed by atoms with Crippen LogP contribution in [0.1, 0.15) is 25.3 Å². The van der Waals surface area contributed by atoms with Crippen molar-refractivity contribution in [1.29, 1.82) is 0 Å². The molecule has 0 spiro atoms. The van der Waals surface area contributed by atoms with Crippen LogP contribution >= 0.6 is 23.2 Å². The number of nitrogens with one attached hydrogen (secondary N) is 1. The maximum atomic E-state index is 13.4. The van der Waals surface area contributed by atoms with Crippen LogP contribution in [0.3, 0.4) is 0 Å². The molecule has 1 saturated carbocycles. The first-order chi connectivity index (χ1) is 16.2. The highest BCUT2D eigenvalue weighted by atomic mass is 35.5. The molecule has 1 aliphatic rings. The van der Waals surface area contributed by atoms with Gasteiger partial charge in [0.25, 0.3) is 0 Å². The van der Waals surface area contributed by atoms with E-state index in [0.29, 0.717) is 40.9 Å². The minimum absolute atomic E-state index is 0.00148. The molecule has 2 N–H and O–H groups in total. The van der Waals surface area contributed by atoms with E-state index in [9.17, 15) is 19.5 Å². The van der Waals surface area contributed by atoms with Gasteiger partial charge in [-0.15, -0.1) is 0 Å². The van der Waals surface area contributed by atoms with E-state index >= 15 is 0 Å². The van der Waals surface area contributed by atoms with Gasteiger partial charge in [-0.25, -0.2) is 19.1 Å². The van der Waals surface area contributed by atoms with Crippen molar-refractivity contribution in [3.05, 3.63) is 84.7 Å². The second kappa shape index (κ2) is 9.52. The Balaban J connectivity index is 1.85. The van der Waals surface area contributed by atoms with E-state index in [-0.39, 0.29) is 18.7 Å². The standard InChI is InChI=1S/C23H22Cl2N4O5/c1-2-34-18-8-7-16(11-17(18)25)26-20-27-21(32)29(13-23(9-10-23)19(30)31)22(33)28(20)12-14-3-5-15(24)6-4-14/h3-8,11H,2,9-10,12-13H2,1H3,(H,30,31)(H,26,27,32). The number of aromatic nitrogens is 3. The number of halogens is 2. The Morgan fingerprint density at radius 1 is 1.15 bits per heavy atom. The SMILES string of the molecule is CCOc1ccc(/N=c2\[nH]c(=O)n(CC3(C(=O)O)CC3)c(=O)n2Cc2ccc(Cl)cc2)cc1Cl. The van der Waals surface area contributed by atoms with Crippen LogP contribution < -0.4 is 21.7 Å². The van der Waals surface area contributed by atoms with Crippen LogP contribution in [0.15, 0.2) is 57.0 Å². The molecule has 1 heterocycles. The van der Waals surface area contributed by atoms with Crippen LogP contribution in [0.5, 0.6) is 5.75 Å². The zero-order chi connectivity index (χ0) is 24.5. The van der Waals surface area contributed by atoms with E-state index in [1.165, 1.54) is 4.57 Å². The summed E-state index contributed by atoms with van der Waals surface area (Å²) in [5.74, 6) is -0.537. The molecule has 11 heteroatoms. The average molecular weight is 505 g/mol. The van der Waals surface area contributed by atoms with Crippen LogP contribution in [-0.4, -0.2) is 31.8 Å². The molecule has 1 aliphatic carbocycles. The number of nitrogens with zero attached hydrogens (tertiary/aromatic N) is 3. The van der Waals surface area contributed by atoms with E-state index in [2.05, 4.69) is 9.98 Å². The topological polar surface area (TPSA) is 119 Å². The van der Waals surface area contributed by atoms with Crippen LogP contribution in [-0.2, 0) is 17.9 Å². The van der Waals surface area contributed by atoms with Crippen molar-refractivity contribution in [1.82, 2.24) is 14.1 Å². The smallest absolute Gasteiger partial charge is 0.335 e. The first kappa shape index (κ1) is 23.8. The van der Waals surface area contributed by atoms with Gasteiger partial charge in [0.05, 0.1) is 29.3 Å². The highest BCUT2D eigenvalue weighted by Gasteiger charge is 2.51. The monoisotopic (exact) mass is 504 g/mol. The summed E-state index contributed by atoms with van der Waals surface area (Å²) in [5, 5.41) is 10.4. The molecule has 178 valence electrons. The number of H-pyrrole nitrogens is 1. The fraction of sp³-hybridized carbons (Fsp3) is 0.304. The molecular weight excluding hydrogens is 483 g/mol. The zero-order valence-corrected chi connectivity index (χ0v) is 19.8. The quantitative estimate of drug-likeness (QED) is 0.488. The van der Waals surface area contributed by atoms with E-state index in [0.717, 1.165) is 10.1 Å². The van der Waals surface area contributed by atoms with Gasteiger partial charge in [0.1, 0.15) is 5.75 Å². The number of aliphatic carboxylic acids is 1. The highest BCUT2D eigenvalue weighted by Crippen LogP contribution is 2.46. The molecule has 0 unspecified atom stereocenters. The molecule has 0 radical (unpaired) electrons. The number of benzene rings is 2. The number of hydrogen-bond donors (Lipinski definition) is 2. The molecule has 2 aromatic carbocycles. The predicted molar refractivity (Wildman–Crippen MR) is 127 cm³/mol. The third-order valence-corrected chi connectivity index (χ3v) is 6.20. The molecule has 0 atom stereocenters. The molecule has 0 bridgehead atoms. The van der Waals surface area contributed by atoms with Gasteiger partial charge < -0.3 is 9.84 Å². The van der Waals surface area contributed by atoms with Crippen molar-refractivity contribution in [2.45, 2.75) is 32.9 Å². The maximum Gasteiger partial charge on any atom is 0.335 e. The number of rotatable bonds is 8. The summed E-state index contributed by atoms with van der Waals surface area (Å²) in [6, 6.07) is 11.7. The molecule has 1 fully saturated rings. The number of carboxylic acid groups (broad SMARTS) is 1. The highest BCUT2D eigenvalue weighted by molar-refractivity contribution is 6.32. The lowest BCUT2D eigenvalue weighted by molar-refractivity contribution is -0.144. The second-order valence-corrected chi connectivity index (χ2v) is 8.92. The van der Waals surface area contributed by atoms with Crippen molar-refractivity contribution < 1.29 is 14.6 Å². The van der Waals surface area contributed by atoms with Crippen molar-refractivity contribution in [2.75, 3.05) is 6.61 Å². The minimum Gasteiger partial charge on any atom is -0.492 e. The van der Waals surface area contributed by atoms with Gasteiger partial charge in [-0.1, -0.05) is 35.3 Å². The molecule has 0 amide bonds. The molecule has 3 aromatic rings. The lowest BCUT2D eigenvalue weighted by Crippen LogP contribution is -2.51. The minimum atomic E-state index is -1.10. The molecule has 0 aliphatic heterocycles. The summed E-state index contributed by atoms with van der Waals surface area (Å²) in [6.07, 6.45) is 0.810. The van der Waals surface area contributed by atoms with Crippen LogP contribution in [0.4, 0.5) is 5.69 Å². The Labute approximate surface area is 203 Å². The first-order valence-corrected chi connectivity index (χ1v) is 11.4.